The lowest BCUT2D eigenvalue weighted by molar-refractivity contribution is 0.581. The molecule has 0 saturated carbocycles. The van der Waals surface area contributed by atoms with Crippen LogP contribution >= 0.6 is 0 Å². The first-order valence-electron chi connectivity index (χ1n) is 5.50. The molecule has 5 nitrogen and oxygen atoms in total. The quantitative estimate of drug-likeness (QED) is 0.913. The number of benzene rings is 1. The van der Waals surface area contributed by atoms with Crippen molar-refractivity contribution in [1.29, 1.82) is 5.26 Å². The Hall–Kier alpha value is -2.23. The van der Waals surface area contributed by atoms with Crippen molar-refractivity contribution in [3.63, 3.8) is 0 Å². The number of sulfonamides is 1. The molecule has 0 bridgehead atoms. The van der Waals surface area contributed by atoms with Crippen LogP contribution < -0.4 is 4.72 Å². The third kappa shape index (κ3) is 3.37. The zero-order valence-electron chi connectivity index (χ0n) is 9.95. The van der Waals surface area contributed by atoms with Crippen LogP contribution in [0.15, 0.2) is 53.7 Å². The summed E-state index contributed by atoms with van der Waals surface area (Å²) in [7, 11) is -3.57. The molecule has 0 aliphatic carbocycles. The van der Waals surface area contributed by atoms with Crippen molar-refractivity contribution in [3.05, 3.63) is 59.9 Å². The average Bonchev–Trinajstić information content (AvgIpc) is 2.46. The van der Waals surface area contributed by atoms with Gasteiger partial charge in [0.05, 0.1) is 16.5 Å². The maximum Gasteiger partial charge on any atom is 0.240 e. The highest BCUT2D eigenvalue weighted by molar-refractivity contribution is 7.89. The molecule has 1 N–H and O–H groups in total. The van der Waals surface area contributed by atoms with E-state index in [2.05, 4.69) is 9.71 Å². The summed E-state index contributed by atoms with van der Waals surface area (Å²) < 4.78 is 26.5. The number of pyridine rings is 1. The number of rotatable bonds is 4. The van der Waals surface area contributed by atoms with Crippen molar-refractivity contribution < 1.29 is 8.42 Å². The van der Waals surface area contributed by atoms with E-state index < -0.39 is 10.0 Å². The van der Waals surface area contributed by atoms with Crippen molar-refractivity contribution >= 4 is 10.0 Å². The fourth-order valence-corrected chi connectivity index (χ4v) is 2.49. The Morgan fingerprint density at radius 1 is 1.21 bits per heavy atom. The van der Waals surface area contributed by atoms with E-state index in [1.54, 1.807) is 24.5 Å². The second kappa shape index (κ2) is 5.61. The summed E-state index contributed by atoms with van der Waals surface area (Å²) in [5.41, 5.74) is 1.20. The summed E-state index contributed by atoms with van der Waals surface area (Å²) in [6.45, 7) is 0.177. The smallest absolute Gasteiger partial charge is 0.240 e. The van der Waals surface area contributed by atoms with Gasteiger partial charge in [0, 0.05) is 18.9 Å². The van der Waals surface area contributed by atoms with Gasteiger partial charge in [-0.1, -0.05) is 6.07 Å². The van der Waals surface area contributed by atoms with Gasteiger partial charge in [0.2, 0.25) is 10.0 Å². The Balaban J connectivity index is 2.12. The second-order valence-electron chi connectivity index (χ2n) is 3.82. The molecule has 6 heteroatoms. The molecule has 0 aliphatic heterocycles. The first kappa shape index (κ1) is 13.2. The van der Waals surface area contributed by atoms with Gasteiger partial charge in [-0.3, -0.25) is 4.98 Å². The zero-order valence-corrected chi connectivity index (χ0v) is 10.8. The number of nitrogens with zero attached hydrogens (tertiary/aromatic N) is 2. The molecule has 1 aromatic carbocycles. The standard InChI is InChI=1S/C13H11N3O2S/c14-8-11-3-5-13(6-4-11)19(17,18)16-10-12-2-1-7-15-9-12/h1-7,9,16H,10H2. The van der Waals surface area contributed by atoms with Crippen LogP contribution in [0.5, 0.6) is 0 Å². The monoisotopic (exact) mass is 273 g/mol. The van der Waals surface area contributed by atoms with Crippen LogP contribution in [0.25, 0.3) is 0 Å². The normalized spacial score (nSPS) is 10.9. The van der Waals surface area contributed by atoms with Gasteiger partial charge in [-0.25, -0.2) is 13.1 Å². The Labute approximate surface area is 111 Å². The molecular formula is C13H11N3O2S. The number of nitrogens with one attached hydrogen (secondary N) is 1. The molecule has 1 aromatic heterocycles. The summed E-state index contributed by atoms with van der Waals surface area (Å²) in [5, 5.41) is 8.66. The highest BCUT2D eigenvalue weighted by atomic mass is 32.2. The molecule has 0 saturated heterocycles. The van der Waals surface area contributed by atoms with Crippen LogP contribution in [-0.2, 0) is 16.6 Å². The highest BCUT2D eigenvalue weighted by Gasteiger charge is 2.13. The van der Waals surface area contributed by atoms with Crippen molar-refractivity contribution in [3.8, 4) is 6.07 Å². The molecule has 1 heterocycles. The fraction of sp³-hybridized carbons (Fsp3) is 0.0769. The number of hydrogen-bond acceptors (Lipinski definition) is 4. The van der Waals surface area contributed by atoms with Gasteiger partial charge < -0.3 is 0 Å². The Morgan fingerprint density at radius 2 is 1.95 bits per heavy atom. The van der Waals surface area contributed by atoms with Gasteiger partial charge >= 0.3 is 0 Å². The van der Waals surface area contributed by atoms with Crippen molar-refractivity contribution in [1.82, 2.24) is 9.71 Å². The van der Waals surface area contributed by atoms with E-state index in [0.29, 0.717) is 5.56 Å². The molecule has 0 fully saturated rings. The molecule has 96 valence electrons. The van der Waals surface area contributed by atoms with E-state index in [9.17, 15) is 8.42 Å². The van der Waals surface area contributed by atoms with Gasteiger partial charge in [-0.2, -0.15) is 5.26 Å². The minimum Gasteiger partial charge on any atom is -0.264 e. The Bertz CT molecular complexity index is 689. The van der Waals surface area contributed by atoms with Crippen LogP contribution in [0.2, 0.25) is 0 Å². The summed E-state index contributed by atoms with van der Waals surface area (Å²) in [4.78, 5) is 4.04. The highest BCUT2D eigenvalue weighted by Crippen LogP contribution is 2.10. The lowest BCUT2D eigenvalue weighted by atomic mass is 10.2. The third-order valence-corrected chi connectivity index (χ3v) is 3.90. The van der Waals surface area contributed by atoms with Crippen molar-refractivity contribution in [2.45, 2.75) is 11.4 Å². The summed E-state index contributed by atoms with van der Waals surface area (Å²) in [5.74, 6) is 0. The van der Waals surface area contributed by atoms with Crippen LogP contribution in [-0.4, -0.2) is 13.4 Å². The molecule has 2 rings (SSSR count). The topological polar surface area (TPSA) is 82.8 Å². The molecule has 0 spiro atoms. The van der Waals surface area contributed by atoms with Crippen LogP contribution in [0.3, 0.4) is 0 Å². The van der Waals surface area contributed by atoms with E-state index in [0.717, 1.165) is 5.56 Å². The summed E-state index contributed by atoms with van der Waals surface area (Å²) >= 11 is 0. The predicted molar refractivity (Wildman–Crippen MR) is 69.4 cm³/mol. The molecule has 2 aromatic rings. The molecule has 0 radical (unpaired) electrons. The maximum atomic E-state index is 12.0. The maximum absolute atomic E-state index is 12.0. The minimum absolute atomic E-state index is 0.135. The Kier molecular flexibility index (Phi) is 3.90. The van der Waals surface area contributed by atoms with E-state index in [1.807, 2.05) is 6.07 Å². The van der Waals surface area contributed by atoms with Gasteiger partial charge in [0.25, 0.3) is 0 Å². The van der Waals surface area contributed by atoms with E-state index in [4.69, 9.17) is 5.26 Å². The predicted octanol–water partition coefficient (Wildman–Crippen LogP) is 1.43. The van der Waals surface area contributed by atoms with E-state index in [-0.39, 0.29) is 11.4 Å². The van der Waals surface area contributed by atoms with Crippen LogP contribution in [0.4, 0.5) is 0 Å². The van der Waals surface area contributed by atoms with E-state index >= 15 is 0 Å². The average molecular weight is 273 g/mol. The molecular weight excluding hydrogens is 262 g/mol. The largest absolute Gasteiger partial charge is 0.264 e. The molecule has 0 atom stereocenters. The van der Waals surface area contributed by atoms with Crippen molar-refractivity contribution in [2.75, 3.05) is 0 Å². The minimum atomic E-state index is -3.57. The molecule has 19 heavy (non-hydrogen) atoms. The third-order valence-electron chi connectivity index (χ3n) is 2.48. The molecule has 0 aliphatic rings. The van der Waals surface area contributed by atoms with Gasteiger partial charge in [-0.05, 0) is 35.9 Å². The number of aromatic nitrogens is 1. The van der Waals surface area contributed by atoms with E-state index in [1.165, 1.54) is 24.3 Å². The zero-order chi connectivity index (χ0) is 13.7. The summed E-state index contributed by atoms with van der Waals surface area (Å²) in [6, 6.07) is 11.2. The van der Waals surface area contributed by atoms with Gasteiger partial charge in [0.15, 0.2) is 0 Å². The summed E-state index contributed by atoms with van der Waals surface area (Å²) in [6.07, 6.45) is 3.22. The first-order valence-corrected chi connectivity index (χ1v) is 6.99. The SMILES string of the molecule is N#Cc1ccc(S(=O)(=O)NCc2cccnc2)cc1. The van der Waals surface area contributed by atoms with Gasteiger partial charge in [-0.15, -0.1) is 0 Å². The van der Waals surface area contributed by atoms with Gasteiger partial charge in [0.1, 0.15) is 0 Å². The Morgan fingerprint density at radius 3 is 2.53 bits per heavy atom. The lowest BCUT2D eigenvalue weighted by Crippen LogP contribution is -2.23. The van der Waals surface area contributed by atoms with Crippen molar-refractivity contribution in [2.24, 2.45) is 0 Å². The van der Waals surface area contributed by atoms with Crippen LogP contribution in [0.1, 0.15) is 11.1 Å². The molecule has 0 amide bonds. The number of hydrogen-bond donors (Lipinski definition) is 1. The lowest BCUT2D eigenvalue weighted by Gasteiger charge is -2.06. The van der Waals surface area contributed by atoms with Crippen LogP contribution in [0, 0.1) is 11.3 Å². The first-order chi connectivity index (χ1) is 9.12. The molecule has 0 unspecified atom stereocenters. The second-order valence-corrected chi connectivity index (χ2v) is 5.59. The number of nitriles is 1. The fourth-order valence-electron chi connectivity index (χ4n) is 1.47.